The van der Waals surface area contributed by atoms with Crippen LogP contribution >= 0.6 is 0 Å². The van der Waals surface area contributed by atoms with E-state index in [1.807, 2.05) is 0 Å². The fourth-order valence-corrected chi connectivity index (χ4v) is 1.97. The monoisotopic (exact) mass is 199 g/mol. The molecular formula is C11H25N3. The van der Waals surface area contributed by atoms with Gasteiger partial charge in [-0.3, -0.25) is 4.90 Å². The molecule has 2 N–H and O–H groups in total. The van der Waals surface area contributed by atoms with Crippen LogP contribution in [0.25, 0.3) is 0 Å². The number of hydrogen-bond acceptors (Lipinski definition) is 3. The zero-order valence-electron chi connectivity index (χ0n) is 10.1. The first-order valence-electron chi connectivity index (χ1n) is 5.55. The minimum atomic E-state index is 0.140. The van der Waals surface area contributed by atoms with Crippen molar-refractivity contribution in [2.75, 3.05) is 40.3 Å². The first kappa shape index (κ1) is 12.0. The first-order chi connectivity index (χ1) is 6.45. The zero-order chi connectivity index (χ0) is 10.8. The number of nitrogens with zero attached hydrogens (tertiary/aromatic N) is 2. The molecule has 3 heteroatoms. The molecule has 14 heavy (non-hydrogen) atoms. The van der Waals surface area contributed by atoms with E-state index in [1.54, 1.807) is 0 Å². The van der Waals surface area contributed by atoms with E-state index in [0.717, 1.165) is 12.5 Å². The lowest BCUT2D eigenvalue weighted by Crippen LogP contribution is -2.49. The van der Waals surface area contributed by atoms with Crippen molar-refractivity contribution in [1.82, 2.24) is 9.80 Å². The van der Waals surface area contributed by atoms with E-state index in [-0.39, 0.29) is 5.54 Å². The van der Waals surface area contributed by atoms with Crippen LogP contribution in [0.5, 0.6) is 0 Å². The molecule has 1 heterocycles. The smallest absolute Gasteiger partial charge is 0.0272 e. The molecule has 0 amide bonds. The third-order valence-electron chi connectivity index (χ3n) is 3.55. The molecule has 1 unspecified atom stereocenters. The molecule has 1 saturated heterocycles. The van der Waals surface area contributed by atoms with E-state index < -0.39 is 0 Å². The van der Waals surface area contributed by atoms with Gasteiger partial charge >= 0.3 is 0 Å². The first-order valence-corrected chi connectivity index (χ1v) is 5.55. The van der Waals surface area contributed by atoms with Gasteiger partial charge in [0.1, 0.15) is 0 Å². The summed E-state index contributed by atoms with van der Waals surface area (Å²) in [6.07, 6.45) is 1.33. The van der Waals surface area contributed by atoms with Gasteiger partial charge in [-0.15, -0.1) is 0 Å². The van der Waals surface area contributed by atoms with E-state index >= 15 is 0 Å². The standard InChI is InChI=1S/C11H25N3/c1-11(2,9-12)14(4)8-10-5-6-13(3)7-10/h10H,5-9,12H2,1-4H3. The van der Waals surface area contributed by atoms with E-state index in [0.29, 0.717) is 0 Å². The molecule has 84 valence electrons. The van der Waals surface area contributed by atoms with Crippen LogP contribution in [0.4, 0.5) is 0 Å². The Labute approximate surface area is 88.2 Å². The second kappa shape index (κ2) is 4.60. The molecule has 0 aromatic rings. The topological polar surface area (TPSA) is 32.5 Å². The molecule has 1 aliphatic rings. The average Bonchev–Trinajstić information content (AvgIpc) is 2.51. The summed E-state index contributed by atoms with van der Waals surface area (Å²) < 4.78 is 0. The van der Waals surface area contributed by atoms with E-state index in [9.17, 15) is 0 Å². The van der Waals surface area contributed by atoms with E-state index in [1.165, 1.54) is 26.1 Å². The Kier molecular flexibility index (Phi) is 3.93. The molecule has 0 radical (unpaired) electrons. The van der Waals surface area contributed by atoms with Crippen LogP contribution in [0.2, 0.25) is 0 Å². The fraction of sp³-hybridized carbons (Fsp3) is 1.00. The van der Waals surface area contributed by atoms with Crippen molar-refractivity contribution in [2.45, 2.75) is 25.8 Å². The SMILES string of the molecule is CN1CCC(CN(C)C(C)(C)CN)C1. The molecule has 1 rings (SSSR count). The van der Waals surface area contributed by atoms with Crippen LogP contribution in [-0.4, -0.2) is 55.6 Å². The van der Waals surface area contributed by atoms with Crippen LogP contribution in [0.3, 0.4) is 0 Å². The lowest BCUT2D eigenvalue weighted by atomic mass is 10.0. The maximum absolute atomic E-state index is 5.76. The fourth-order valence-electron chi connectivity index (χ4n) is 1.97. The molecule has 1 fully saturated rings. The molecule has 0 aromatic heterocycles. The summed E-state index contributed by atoms with van der Waals surface area (Å²) in [5.74, 6) is 0.829. The van der Waals surface area contributed by atoms with Gasteiger partial charge in [0.2, 0.25) is 0 Å². The second-order valence-electron chi connectivity index (χ2n) is 5.31. The third kappa shape index (κ3) is 2.94. The molecule has 0 aliphatic carbocycles. The second-order valence-corrected chi connectivity index (χ2v) is 5.31. The molecule has 0 bridgehead atoms. The predicted molar refractivity (Wildman–Crippen MR) is 61.4 cm³/mol. The van der Waals surface area contributed by atoms with Gasteiger partial charge in [0.15, 0.2) is 0 Å². The summed E-state index contributed by atoms with van der Waals surface area (Å²) in [6.45, 7) is 8.82. The van der Waals surface area contributed by atoms with Gasteiger partial charge in [-0.2, -0.15) is 0 Å². The van der Waals surface area contributed by atoms with Crippen molar-refractivity contribution in [2.24, 2.45) is 11.7 Å². The van der Waals surface area contributed by atoms with Crippen LogP contribution in [0.15, 0.2) is 0 Å². The Morgan fingerprint density at radius 1 is 1.50 bits per heavy atom. The maximum atomic E-state index is 5.76. The Morgan fingerprint density at radius 2 is 2.14 bits per heavy atom. The van der Waals surface area contributed by atoms with Crippen molar-refractivity contribution < 1.29 is 0 Å². The molecule has 1 atom stereocenters. The number of hydrogen-bond donors (Lipinski definition) is 1. The van der Waals surface area contributed by atoms with E-state index in [4.69, 9.17) is 5.73 Å². The van der Waals surface area contributed by atoms with Gasteiger partial charge < -0.3 is 10.6 Å². The van der Waals surface area contributed by atoms with Gasteiger partial charge in [-0.1, -0.05) is 0 Å². The largest absolute Gasteiger partial charge is 0.329 e. The van der Waals surface area contributed by atoms with Crippen molar-refractivity contribution in [1.29, 1.82) is 0 Å². The van der Waals surface area contributed by atoms with Crippen molar-refractivity contribution in [3.05, 3.63) is 0 Å². The summed E-state index contributed by atoms with van der Waals surface area (Å²) in [6, 6.07) is 0. The van der Waals surface area contributed by atoms with Crippen LogP contribution in [0.1, 0.15) is 20.3 Å². The Morgan fingerprint density at radius 3 is 2.57 bits per heavy atom. The number of nitrogens with two attached hydrogens (primary N) is 1. The molecule has 0 aromatic carbocycles. The Hall–Kier alpha value is -0.120. The van der Waals surface area contributed by atoms with Crippen molar-refractivity contribution in [3.8, 4) is 0 Å². The summed E-state index contributed by atoms with van der Waals surface area (Å²) >= 11 is 0. The van der Waals surface area contributed by atoms with Crippen LogP contribution < -0.4 is 5.73 Å². The third-order valence-corrected chi connectivity index (χ3v) is 3.55. The Bertz CT molecular complexity index is 179. The molecule has 0 saturated carbocycles. The highest BCUT2D eigenvalue weighted by Crippen LogP contribution is 2.19. The Balaban J connectivity index is 2.37. The number of likely N-dealkylation sites (N-methyl/N-ethyl adjacent to an activating group) is 1. The maximum Gasteiger partial charge on any atom is 0.0272 e. The summed E-state index contributed by atoms with van der Waals surface area (Å²) in [7, 11) is 4.39. The number of rotatable bonds is 4. The summed E-state index contributed by atoms with van der Waals surface area (Å²) in [5, 5.41) is 0. The van der Waals surface area contributed by atoms with Gasteiger partial charge in [0, 0.05) is 25.2 Å². The lowest BCUT2D eigenvalue weighted by Gasteiger charge is -2.36. The van der Waals surface area contributed by atoms with Gasteiger partial charge in [-0.25, -0.2) is 0 Å². The number of likely N-dealkylation sites (tertiary alicyclic amines) is 1. The van der Waals surface area contributed by atoms with E-state index in [2.05, 4.69) is 37.7 Å². The minimum Gasteiger partial charge on any atom is -0.329 e. The molecule has 1 aliphatic heterocycles. The van der Waals surface area contributed by atoms with Gasteiger partial charge in [-0.05, 0) is 46.8 Å². The van der Waals surface area contributed by atoms with Crippen molar-refractivity contribution >= 4 is 0 Å². The zero-order valence-corrected chi connectivity index (χ0v) is 10.1. The highest BCUT2D eigenvalue weighted by molar-refractivity contribution is 4.84. The summed E-state index contributed by atoms with van der Waals surface area (Å²) in [5.41, 5.74) is 5.90. The van der Waals surface area contributed by atoms with Gasteiger partial charge in [0.05, 0.1) is 0 Å². The average molecular weight is 199 g/mol. The molecule has 3 nitrogen and oxygen atoms in total. The highest BCUT2D eigenvalue weighted by Gasteiger charge is 2.27. The van der Waals surface area contributed by atoms with Crippen LogP contribution in [-0.2, 0) is 0 Å². The van der Waals surface area contributed by atoms with Crippen molar-refractivity contribution in [3.63, 3.8) is 0 Å². The predicted octanol–water partition coefficient (Wildman–Crippen LogP) is 0.607. The van der Waals surface area contributed by atoms with Crippen LogP contribution in [0, 0.1) is 5.92 Å². The molecule has 0 spiro atoms. The normalized spacial score (nSPS) is 24.9. The lowest BCUT2D eigenvalue weighted by molar-refractivity contribution is 0.140. The minimum absolute atomic E-state index is 0.140. The summed E-state index contributed by atoms with van der Waals surface area (Å²) in [4.78, 5) is 4.81. The quantitative estimate of drug-likeness (QED) is 0.720. The highest BCUT2D eigenvalue weighted by atomic mass is 15.2. The van der Waals surface area contributed by atoms with Gasteiger partial charge in [0.25, 0.3) is 0 Å². The molecular weight excluding hydrogens is 174 g/mol.